The van der Waals surface area contributed by atoms with Crippen LogP contribution < -0.4 is 10.1 Å². The predicted molar refractivity (Wildman–Crippen MR) is 97.5 cm³/mol. The van der Waals surface area contributed by atoms with Crippen LogP contribution in [-0.2, 0) is 6.54 Å². The number of carbonyl (C=O) groups is 1. The Morgan fingerprint density at radius 1 is 1.25 bits per heavy atom. The van der Waals surface area contributed by atoms with Gasteiger partial charge in [0.2, 0.25) is 0 Å². The van der Waals surface area contributed by atoms with Crippen molar-refractivity contribution in [3.8, 4) is 11.4 Å². The van der Waals surface area contributed by atoms with Gasteiger partial charge in [-0.3, -0.25) is 0 Å². The number of hydrogen-bond acceptors (Lipinski definition) is 5. The smallest absolute Gasteiger partial charge is 0.387 e. The predicted octanol–water partition coefficient (Wildman–Crippen LogP) is 3.24. The lowest BCUT2D eigenvalue weighted by molar-refractivity contribution is -0.0498. The van der Waals surface area contributed by atoms with E-state index in [0.29, 0.717) is 12.2 Å². The summed E-state index contributed by atoms with van der Waals surface area (Å²) in [4.78, 5) is 13.9. The molecule has 1 heterocycles. The van der Waals surface area contributed by atoms with Gasteiger partial charge in [-0.05, 0) is 58.8 Å². The highest BCUT2D eigenvalue weighted by Crippen LogP contribution is 2.19. The van der Waals surface area contributed by atoms with Crippen molar-refractivity contribution in [1.29, 1.82) is 0 Å². The molecule has 1 aromatic heterocycles. The van der Waals surface area contributed by atoms with Crippen molar-refractivity contribution in [1.82, 2.24) is 25.1 Å². The Morgan fingerprint density at radius 2 is 2.00 bits per heavy atom. The Balaban J connectivity index is 1.60. The first-order valence-electron chi connectivity index (χ1n) is 8.32. The molecular weight excluding hydrogens is 370 g/mol. The van der Waals surface area contributed by atoms with Crippen LogP contribution in [0.15, 0.2) is 48.8 Å². The highest BCUT2D eigenvalue weighted by atomic mass is 19.3. The third-order valence-electron chi connectivity index (χ3n) is 3.96. The van der Waals surface area contributed by atoms with Gasteiger partial charge in [-0.2, -0.15) is 8.78 Å². The van der Waals surface area contributed by atoms with Crippen LogP contribution >= 0.6 is 0 Å². The van der Waals surface area contributed by atoms with E-state index < -0.39 is 6.61 Å². The minimum atomic E-state index is -2.87. The number of ether oxygens (including phenoxy) is 1. The van der Waals surface area contributed by atoms with E-state index in [9.17, 15) is 13.6 Å². The van der Waals surface area contributed by atoms with Gasteiger partial charge in [-0.1, -0.05) is 12.1 Å². The normalized spacial score (nSPS) is 10.8. The zero-order valence-electron chi connectivity index (χ0n) is 15.2. The molecule has 0 aliphatic rings. The second-order valence-electron chi connectivity index (χ2n) is 6.06. The molecule has 2 aromatic carbocycles. The van der Waals surface area contributed by atoms with Crippen LogP contribution in [-0.4, -0.2) is 44.8 Å². The first-order chi connectivity index (χ1) is 13.4. The average Bonchev–Trinajstić information content (AvgIpc) is 3.17. The van der Waals surface area contributed by atoms with Crippen molar-refractivity contribution in [2.24, 2.45) is 0 Å². The average molecular weight is 388 g/mol. The van der Waals surface area contributed by atoms with Gasteiger partial charge in [0.05, 0.1) is 5.69 Å². The molecule has 0 unspecified atom stereocenters. The minimum absolute atomic E-state index is 0.0731. The van der Waals surface area contributed by atoms with Gasteiger partial charge >= 0.3 is 12.6 Å². The number of benzene rings is 2. The number of halogens is 2. The third-order valence-corrected chi connectivity index (χ3v) is 3.96. The Kier molecular flexibility index (Phi) is 5.78. The fourth-order valence-corrected chi connectivity index (χ4v) is 2.60. The molecule has 28 heavy (non-hydrogen) atoms. The number of anilines is 1. The van der Waals surface area contributed by atoms with E-state index in [2.05, 4.69) is 25.6 Å². The van der Waals surface area contributed by atoms with Gasteiger partial charge in [-0.15, -0.1) is 5.10 Å². The number of aromatic nitrogens is 4. The summed E-state index contributed by atoms with van der Waals surface area (Å²) in [6, 6.07) is 11.2. The summed E-state index contributed by atoms with van der Waals surface area (Å²) in [6.45, 7) is -0.669. The van der Waals surface area contributed by atoms with Crippen molar-refractivity contribution < 1.29 is 18.3 Å². The summed E-state index contributed by atoms with van der Waals surface area (Å²) >= 11 is 0. The first-order valence-corrected chi connectivity index (χ1v) is 8.32. The van der Waals surface area contributed by atoms with Crippen LogP contribution in [0.5, 0.6) is 5.75 Å². The molecule has 3 aromatic rings. The van der Waals surface area contributed by atoms with Crippen LogP contribution in [0.25, 0.3) is 5.69 Å². The van der Waals surface area contributed by atoms with Gasteiger partial charge < -0.3 is 15.0 Å². The molecule has 1 N–H and O–H groups in total. The fraction of sp³-hybridized carbons (Fsp3) is 0.222. The second-order valence-corrected chi connectivity index (χ2v) is 6.06. The number of hydrogen-bond donors (Lipinski definition) is 1. The molecule has 10 heteroatoms. The zero-order valence-corrected chi connectivity index (χ0v) is 15.2. The maximum atomic E-state index is 12.4. The zero-order chi connectivity index (χ0) is 20.1. The van der Waals surface area contributed by atoms with E-state index in [1.165, 1.54) is 28.0 Å². The molecule has 0 saturated heterocycles. The van der Waals surface area contributed by atoms with E-state index in [4.69, 9.17) is 0 Å². The SMILES string of the molecule is Cc1cc(NC(=O)N(C)Cc2ccc(OC(F)F)cc2)ccc1-n1cnnn1. The van der Waals surface area contributed by atoms with E-state index in [-0.39, 0.29) is 11.8 Å². The van der Waals surface area contributed by atoms with Crippen molar-refractivity contribution in [3.63, 3.8) is 0 Å². The van der Waals surface area contributed by atoms with Crippen LogP contribution in [0.4, 0.5) is 19.3 Å². The molecule has 146 valence electrons. The first kappa shape index (κ1) is 19.2. The number of nitrogens with zero attached hydrogens (tertiary/aromatic N) is 5. The summed E-state index contributed by atoms with van der Waals surface area (Å²) in [5.74, 6) is 0.0731. The Morgan fingerprint density at radius 3 is 2.61 bits per heavy atom. The number of rotatable bonds is 6. The number of amides is 2. The highest BCUT2D eigenvalue weighted by molar-refractivity contribution is 5.89. The van der Waals surface area contributed by atoms with E-state index in [1.807, 2.05) is 19.1 Å². The number of alkyl halides is 2. The Labute approximate surface area is 159 Å². The largest absolute Gasteiger partial charge is 0.435 e. The summed E-state index contributed by atoms with van der Waals surface area (Å²) in [6.07, 6.45) is 1.49. The minimum Gasteiger partial charge on any atom is -0.435 e. The lowest BCUT2D eigenvalue weighted by atomic mass is 10.2. The number of nitrogens with one attached hydrogen (secondary N) is 1. The lowest BCUT2D eigenvalue weighted by Crippen LogP contribution is -2.30. The van der Waals surface area contributed by atoms with E-state index in [0.717, 1.165) is 16.8 Å². The number of aryl methyl sites for hydroxylation is 1. The molecule has 0 radical (unpaired) electrons. The topological polar surface area (TPSA) is 85.2 Å². The molecule has 0 atom stereocenters. The summed E-state index contributed by atoms with van der Waals surface area (Å²) in [5, 5.41) is 13.9. The van der Waals surface area contributed by atoms with E-state index >= 15 is 0 Å². The van der Waals surface area contributed by atoms with Crippen molar-refractivity contribution in [2.75, 3.05) is 12.4 Å². The second kappa shape index (κ2) is 8.42. The van der Waals surface area contributed by atoms with Crippen molar-refractivity contribution in [3.05, 3.63) is 59.9 Å². The maximum absolute atomic E-state index is 12.4. The molecular formula is C18H18F2N6O2. The Hall–Kier alpha value is -3.56. The highest BCUT2D eigenvalue weighted by Gasteiger charge is 2.12. The molecule has 8 nitrogen and oxygen atoms in total. The van der Waals surface area contributed by atoms with Gasteiger partial charge in [0.15, 0.2) is 0 Å². The van der Waals surface area contributed by atoms with Crippen LogP contribution in [0.1, 0.15) is 11.1 Å². The fourth-order valence-electron chi connectivity index (χ4n) is 2.60. The quantitative estimate of drug-likeness (QED) is 0.701. The summed E-state index contributed by atoms with van der Waals surface area (Å²) < 4.78 is 30.2. The van der Waals surface area contributed by atoms with Gasteiger partial charge in [0.1, 0.15) is 12.1 Å². The Bertz CT molecular complexity index is 932. The molecule has 0 spiro atoms. The number of urea groups is 1. The molecule has 0 saturated carbocycles. The standard InChI is InChI=1S/C18H18F2N6O2/c1-12-9-14(5-8-16(12)26-11-21-23-24-26)22-18(27)25(2)10-13-3-6-15(7-4-13)28-17(19)20/h3-9,11,17H,10H2,1-2H3,(H,22,27). The molecule has 0 bridgehead atoms. The van der Waals surface area contributed by atoms with Crippen LogP contribution in [0.3, 0.4) is 0 Å². The lowest BCUT2D eigenvalue weighted by Gasteiger charge is -2.19. The third kappa shape index (κ3) is 4.78. The maximum Gasteiger partial charge on any atom is 0.387 e. The van der Waals surface area contributed by atoms with Gasteiger partial charge in [0.25, 0.3) is 0 Å². The molecule has 0 aliphatic carbocycles. The molecule has 0 aliphatic heterocycles. The molecule has 3 rings (SSSR count). The number of tetrazole rings is 1. The van der Waals surface area contributed by atoms with Crippen LogP contribution in [0, 0.1) is 6.92 Å². The molecule has 2 amide bonds. The van der Waals surface area contributed by atoms with Gasteiger partial charge in [0, 0.05) is 19.3 Å². The van der Waals surface area contributed by atoms with Gasteiger partial charge in [-0.25, -0.2) is 9.48 Å². The monoisotopic (exact) mass is 388 g/mol. The summed E-state index contributed by atoms with van der Waals surface area (Å²) in [7, 11) is 1.64. The van der Waals surface area contributed by atoms with Crippen molar-refractivity contribution >= 4 is 11.7 Å². The van der Waals surface area contributed by atoms with Crippen molar-refractivity contribution in [2.45, 2.75) is 20.1 Å². The van der Waals surface area contributed by atoms with Crippen LogP contribution in [0.2, 0.25) is 0 Å². The number of carbonyl (C=O) groups excluding carboxylic acids is 1. The van der Waals surface area contributed by atoms with E-state index in [1.54, 1.807) is 25.2 Å². The molecule has 0 fully saturated rings. The summed E-state index contributed by atoms with van der Waals surface area (Å²) in [5.41, 5.74) is 3.11.